The highest BCUT2D eigenvalue weighted by Crippen LogP contribution is 2.62. The third kappa shape index (κ3) is 3.62. The van der Waals surface area contributed by atoms with Gasteiger partial charge in [-0.15, -0.1) is 0 Å². The maximum atomic E-state index is 10.0. The number of fused-ring (bicyclic) bond motifs is 2. The van der Waals surface area contributed by atoms with Crippen molar-refractivity contribution in [2.45, 2.75) is 91.5 Å². The van der Waals surface area contributed by atoms with Gasteiger partial charge in [-0.3, -0.25) is 0 Å². The number of hydrogen-bond acceptors (Lipinski definition) is 3. The zero-order valence-electron chi connectivity index (χ0n) is 15.9. The average Bonchev–Trinajstić information content (AvgIpc) is 2.41. The second-order valence-electron chi connectivity index (χ2n) is 9.68. The molecule has 7 atom stereocenters. The lowest BCUT2D eigenvalue weighted by Gasteiger charge is -2.64. The van der Waals surface area contributed by atoms with Crippen LogP contribution in [-0.2, 0) is 0 Å². The second-order valence-corrected chi connectivity index (χ2v) is 9.68. The predicted molar refractivity (Wildman–Crippen MR) is 94.0 cm³/mol. The van der Waals surface area contributed by atoms with Gasteiger partial charge in [0.25, 0.3) is 0 Å². The molecule has 4 aliphatic rings. The highest BCUT2D eigenvalue weighted by atomic mass is 16.3. The topological polar surface area (TPSA) is 60.7 Å². The summed E-state index contributed by atoms with van der Waals surface area (Å²) in [5.41, 5.74) is -0.610. The van der Waals surface area contributed by atoms with Gasteiger partial charge in [0.15, 0.2) is 0 Å². The van der Waals surface area contributed by atoms with E-state index in [2.05, 4.69) is 34.6 Å². The summed E-state index contributed by atoms with van der Waals surface area (Å²) in [7, 11) is 0. The summed E-state index contributed by atoms with van der Waals surface area (Å²) in [6.45, 7) is 12.8. The zero-order chi connectivity index (χ0) is 17.6. The van der Waals surface area contributed by atoms with Crippen LogP contribution in [-0.4, -0.2) is 33.1 Å². The molecule has 4 saturated carbocycles. The molecular formula is C20H38O3. The van der Waals surface area contributed by atoms with E-state index in [0.717, 1.165) is 25.2 Å². The minimum atomic E-state index is -0.849. The molecule has 4 aliphatic carbocycles. The van der Waals surface area contributed by atoms with Gasteiger partial charge in [-0.1, -0.05) is 41.0 Å². The highest BCUT2D eigenvalue weighted by molar-refractivity contribution is 5.12. The maximum Gasteiger partial charge on any atom is 0.0910 e. The Kier molecular flexibility index (Phi) is 5.55. The molecule has 23 heavy (non-hydrogen) atoms. The first-order chi connectivity index (χ1) is 10.5. The highest BCUT2D eigenvalue weighted by Gasteiger charge is 2.62. The monoisotopic (exact) mass is 326 g/mol. The van der Waals surface area contributed by atoms with Crippen molar-refractivity contribution in [2.24, 2.45) is 35.0 Å². The van der Waals surface area contributed by atoms with E-state index in [1.54, 1.807) is 6.92 Å². The molecule has 0 amide bonds. The van der Waals surface area contributed by atoms with E-state index < -0.39 is 11.7 Å². The van der Waals surface area contributed by atoms with Gasteiger partial charge < -0.3 is 15.3 Å². The van der Waals surface area contributed by atoms with Crippen molar-refractivity contribution in [1.82, 2.24) is 0 Å². The molecule has 7 unspecified atom stereocenters. The van der Waals surface area contributed by atoms with E-state index in [-0.39, 0.29) is 11.5 Å². The van der Waals surface area contributed by atoms with Gasteiger partial charge in [-0.05, 0) is 67.6 Å². The van der Waals surface area contributed by atoms with E-state index in [9.17, 15) is 15.3 Å². The van der Waals surface area contributed by atoms with Gasteiger partial charge in [-0.25, -0.2) is 0 Å². The Hall–Kier alpha value is -0.120. The van der Waals surface area contributed by atoms with Crippen LogP contribution in [0, 0.1) is 35.0 Å². The van der Waals surface area contributed by atoms with Crippen molar-refractivity contribution < 1.29 is 15.3 Å². The number of rotatable bonds is 1. The SMILES string of the molecule is CC1(C)C2CC(O)C(C)(O)C1C2.CC1CCC(C(C)C)C(O)C1. The smallest absolute Gasteiger partial charge is 0.0910 e. The van der Waals surface area contributed by atoms with Crippen molar-refractivity contribution in [3.63, 3.8) is 0 Å². The van der Waals surface area contributed by atoms with E-state index in [0.29, 0.717) is 23.7 Å². The molecule has 4 fully saturated rings. The molecule has 0 aromatic rings. The quantitative estimate of drug-likeness (QED) is 0.690. The summed E-state index contributed by atoms with van der Waals surface area (Å²) in [4.78, 5) is 0. The van der Waals surface area contributed by atoms with E-state index in [4.69, 9.17) is 0 Å². The van der Waals surface area contributed by atoms with Crippen LogP contribution in [0.3, 0.4) is 0 Å². The van der Waals surface area contributed by atoms with Crippen LogP contribution in [0.1, 0.15) is 73.6 Å². The minimum Gasteiger partial charge on any atom is -0.393 e. The first-order valence-corrected chi connectivity index (χ1v) is 9.56. The molecule has 0 saturated heterocycles. The summed E-state index contributed by atoms with van der Waals surface area (Å²) in [5.74, 6) is 2.86. The molecule has 0 radical (unpaired) electrons. The number of aliphatic hydroxyl groups is 3. The number of aliphatic hydroxyl groups excluding tert-OH is 2. The molecule has 2 bridgehead atoms. The number of hydrogen-bond donors (Lipinski definition) is 3. The Morgan fingerprint density at radius 3 is 1.96 bits per heavy atom. The molecule has 3 N–H and O–H groups in total. The zero-order valence-corrected chi connectivity index (χ0v) is 15.9. The fraction of sp³-hybridized carbons (Fsp3) is 1.00. The van der Waals surface area contributed by atoms with Crippen molar-refractivity contribution in [3.8, 4) is 0 Å². The Morgan fingerprint density at radius 1 is 0.957 bits per heavy atom. The molecule has 0 spiro atoms. The molecule has 3 nitrogen and oxygen atoms in total. The van der Waals surface area contributed by atoms with E-state index >= 15 is 0 Å². The van der Waals surface area contributed by atoms with Gasteiger partial charge >= 0.3 is 0 Å². The lowest BCUT2D eigenvalue weighted by molar-refractivity contribution is -0.245. The van der Waals surface area contributed by atoms with Gasteiger partial charge in [0.1, 0.15) is 0 Å². The standard InChI is InChI=1S/C10H18O2.C10H20O/c1-9(2)6-4-7(9)10(3,12)8(11)5-6;1-7(2)9-5-4-8(3)6-10(9)11/h6-8,11-12H,4-5H2,1-3H3;7-11H,4-6H2,1-3H3. The van der Waals surface area contributed by atoms with Crippen molar-refractivity contribution in [2.75, 3.05) is 0 Å². The summed E-state index contributed by atoms with van der Waals surface area (Å²) >= 11 is 0. The maximum absolute atomic E-state index is 10.0. The van der Waals surface area contributed by atoms with Crippen LogP contribution in [0.5, 0.6) is 0 Å². The summed E-state index contributed by atoms with van der Waals surface area (Å²) in [5, 5.41) is 29.4. The molecule has 0 aromatic heterocycles. The summed E-state index contributed by atoms with van der Waals surface area (Å²) in [6.07, 6.45) is 4.88. The molecule has 0 heterocycles. The minimum absolute atomic E-state index is 0.0289. The van der Waals surface area contributed by atoms with E-state index in [1.807, 2.05) is 0 Å². The third-order valence-electron chi connectivity index (χ3n) is 7.35. The van der Waals surface area contributed by atoms with E-state index in [1.165, 1.54) is 12.8 Å². The Bertz CT molecular complexity index is 402. The Labute approximate surface area is 142 Å². The molecule has 136 valence electrons. The van der Waals surface area contributed by atoms with Crippen LogP contribution in [0.2, 0.25) is 0 Å². The molecule has 4 rings (SSSR count). The first-order valence-electron chi connectivity index (χ1n) is 9.56. The van der Waals surface area contributed by atoms with Crippen LogP contribution >= 0.6 is 0 Å². The van der Waals surface area contributed by atoms with Gasteiger partial charge in [0, 0.05) is 0 Å². The summed E-state index contributed by atoms with van der Waals surface area (Å²) < 4.78 is 0. The van der Waals surface area contributed by atoms with Crippen LogP contribution in [0.4, 0.5) is 0 Å². The predicted octanol–water partition coefficient (Wildman–Crippen LogP) is 3.60. The Morgan fingerprint density at radius 2 is 1.57 bits per heavy atom. The van der Waals surface area contributed by atoms with Crippen molar-refractivity contribution >= 4 is 0 Å². The average molecular weight is 327 g/mol. The van der Waals surface area contributed by atoms with Gasteiger partial charge in [0.2, 0.25) is 0 Å². The van der Waals surface area contributed by atoms with Crippen LogP contribution in [0.25, 0.3) is 0 Å². The lowest BCUT2D eigenvalue weighted by Crippen LogP contribution is -2.66. The van der Waals surface area contributed by atoms with Crippen molar-refractivity contribution in [3.05, 3.63) is 0 Å². The van der Waals surface area contributed by atoms with Crippen molar-refractivity contribution in [1.29, 1.82) is 0 Å². The molecule has 0 aliphatic heterocycles. The fourth-order valence-corrected chi connectivity index (χ4v) is 5.30. The van der Waals surface area contributed by atoms with Crippen LogP contribution < -0.4 is 0 Å². The van der Waals surface area contributed by atoms with Gasteiger partial charge in [-0.2, -0.15) is 0 Å². The second kappa shape index (κ2) is 6.65. The van der Waals surface area contributed by atoms with Gasteiger partial charge in [0.05, 0.1) is 17.8 Å². The Balaban J connectivity index is 0.000000168. The first kappa shape index (κ1) is 19.2. The normalized spacial score (nSPS) is 48.3. The molecular weight excluding hydrogens is 288 g/mol. The fourth-order valence-electron chi connectivity index (χ4n) is 5.30. The molecule has 3 heteroatoms. The molecule has 0 aromatic carbocycles. The lowest BCUT2D eigenvalue weighted by atomic mass is 9.43. The third-order valence-corrected chi connectivity index (χ3v) is 7.35. The largest absolute Gasteiger partial charge is 0.393 e. The van der Waals surface area contributed by atoms with Crippen LogP contribution in [0.15, 0.2) is 0 Å². The summed E-state index contributed by atoms with van der Waals surface area (Å²) in [6, 6.07) is 0.